The van der Waals surface area contributed by atoms with Crippen molar-refractivity contribution in [3.05, 3.63) is 0 Å². The largest absolute Gasteiger partial charge is 0.301 e. The van der Waals surface area contributed by atoms with E-state index < -0.39 is 0 Å². The first-order valence-corrected chi connectivity index (χ1v) is 9.06. The van der Waals surface area contributed by atoms with E-state index in [0.717, 1.165) is 5.92 Å². The Morgan fingerprint density at radius 2 is 1.10 bits per heavy atom. The van der Waals surface area contributed by atoms with Crippen LogP contribution in [-0.4, -0.2) is 98.1 Å². The number of nitrogens with zero attached hydrogens (tertiary/aromatic N) is 4. The van der Waals surface area contributed by atoms with Crippen molar-refractivity contribution in [2.45, 2.75) is 27.2 Å². The molecule has 2 heterocycles. The molecule has 0 unspecified atom stereocenters. The van der Waals surface area contributed by atoms with Crippen molar-refractivity contribution in [2.24, 2.45) is 5.92 Å². The molecule has 4 heteroatoms. The predicted octanol–water partition coefficient (Wildman–Crippen LogP) is 1.29. The smallest absolute Gasteiger partial charge is 0.0110 e. The highest BCUT2D eigenvalue weighted by molar-refractivity contribution is 4.74. The molecule has 0 aliphatic carbocycles. The molecule has 0 N–H and O–H groups in total. The third-order valence-corrected chi connectivity index (χ3v) is 4.95. The summed E-state index contributed by atoms with van der Waals surface area (Å²) in [6, 6.07) is 0. The molecule has 4 nitrogen and oxygen atoms in total. The van der Waals surface area contributed by atoms with E-state index in [4.69, 9.17) is 0 Å². The lowest BCUT2D eigenvalue weighted by Crippen LogP contribution is -2.49. The van der Waals surface area contributed by atoms with Gasteiger partial charge in [0.25, 0.3) is 0 Å². The topological polar surface area (TPSA) is 13.0 Å². The van der Waals surface area contributed by atoms with E-state index in [1.54, 1.807) is 0 Å². The zero-order chi connectivity index (χ0) is 15.1. The van der Waals surface area contributed by atoms with Crippen LogP contribution in [0.3, 0.4) is 0 Å². The van der Waals surface area contributed by atoms with Gasteiger partial charge in [0.05, 0.1) is 0 Å². The van der Waals surface area contributed by atoms with E-state index in [9.17, 15) is 0 Å². The molecule has 21 heavy (non-hydrogen) atoms. The van der Waals surface area contributed by atoms with Gasteiger partial charge in [0.1, 0.15) is 0 Å². The summed E-state index contributed by atoms with van der Waals surface area (Å²) in [6.45, 7) is 22.2. The molecule has 0 radical (unpaired) electrons. The van der Waals surface area contributed by atoms with Gasteiger partial charge in [0.2, 0.25) is 0 Å². The first kappa shape index (κ1) is 17.2. The maximum absolute atomic E-state index is 2.67. The SMILES string of the molecule is CCN1CCN(CCCN2CCN(CC(C)C)CC2)CC1. The standard InChI is InChI=1S/C17H36N4/c1-4-18-8-10-19(11-9-18)6-5-7-20-12-14-21(15-13-20)16-17(2)3/h17H,4-16H2,1-3H3. The molecule has 0 aromatic carbocycles. The van der Waals surface area contributed by atoms with Gasteiger partial charge in [-0.15, -0.1) is 0 Å². The minimum atomic E-state index is 0.804. The molecule has 2 fully saturated rings. The molecule has 0 aromatic rings. The summed E-state index contributed by atoms with van der Waals surface area (Å²) in [5.41, 5.74) is 0. The van der Waals surface area contributed by atoms with Gasteiger partial charge in [-0.2, -0.15) is 0 Å². The lowest BCUT2D eigenvalue weighted by Gasteiger charge is -2.37. The van der Waals surface area contributed by atoms with Crippen molar-refractivity contribution in [3.63, 3.8) is 0 Å². The van der Waals surface area contributed by atoms with Crippen molar-refractivity contribution in [1.82, 2.24) is 19.6 Å². The van der Waals surface area contributed by atoms with Crippen LogP contribution in [0.4, 0.5) is 0 Å². The maximum Gasteiger partial charge on any atom is 0.0110 e. The van der Waals surface area contributed by atoms with Gasteiger partial charge in [0.15, 0.2) is 0 Å². The van der Waals surface area contributed by atoms with Crippen LogP contribution >= 0.6 is 0 Å². The molecule has 0 aromatic heterocycles. The molecule has 0 bridgehead atoms. The number of rotatable bonds is 7. The second-order valence-corrected chi connectivity index (χ2v) is 7.17. The number of hydrogen-bond acceptors (Lipinski definition) is 4. The minimum Gasteiger partial charge on any atom is -0.301 e. The van der Waals surface area contributed by atoms with Gasteiger partial charge in [-0.25, -0.2) is 0 Å². The van der Waals surface area contributed by atoms with E-state index >= 15 is 0 Å². The van der Waals surface area contributed by atoms with E-state index in [1.807, 2.05) is 0 Å². The average molecular weight is 297 g/mol. The Balaban J connectivity index is 1.52. The fourth-order valence-corrected chi connectivity index (χ4v) is 3.56. The van der Waals surface area contributed by atoms with Crippen LogP contribution in [0.1, 0.15) is 27.2 Å². The van der Waals surface area contributed by atoms with Crippen molar-refractivity contribution in [3.8, 4) is 0 Å². The van der Waals surface area contributed by atoms with Gasteiger partial charge >= 0.3 is 0 Å². The van der Waals surface area contributed by atoms with Crippen LogP contribution in [0.15, 0.2) is 0 Å². The fraction of sp³-hybridized carbons (Fsp3) is 1.00. The summed E-state index contributed by atoms with van der Waals surface area (Å²) in [7, 11) is 0. The van der Waals surface area contributed by atoms with Crippen molar-refractivity contribution < 1.29 is 0 Å². The Morgan fingerprint density at radius 1 is 0.667 bits per heavy atom. The first-order valence-electron chi connectivity index (χ1n) is 9.06. The summed E-state index contributed by atoms with van der Waals surface area (Å²) in [4.78, 5) is 10.5. The zero-order valence-electron chi connectivity index (χ0n) is 14.6. The van der Waals surface area contributed by atoms with Crippen LogP contribution in [0.5, 0.6) is 0 Å². The van der Waals surface area contributed by atoms with E-state index in [1.165, 1.54) is 85.0 Å². The Kier molecular flexibility index (Phi) is 7.44. The highest BCUT2D eigenvalue weighted by atomic mass is 15.3. The molecule has 0 spiro atoms. The first-order chi connectivity index (χ1) is 10.2. The van der Waals surface area contributed by atoms with Gasteiger partial charge < -0.3 is 19.6 Å². The van der Waals surface area contributed by atoms with E-state index in [-0.39, 0.29) is 0 Å². The van der Waals surface area contributed by atoms with Gasteiger partial charge in [-0.05, 0) is 32.0 Å². The van der Waals surface area contributed by atoms with Crippen molar-refractivity contribution >= 4 is 0 Å². The summed E-state index contributed by atoms with van der Waals surface area (Å²) in [5, 5.41) is 0. The third-order valence-electron chi connectivity index (χ3n) is 4.95. The molecule has 124 valence electrons. The molecule has 2 saturated heterocycles. The normalized spacial score (nSPS) is 24.0. The molecule has 2 aliphatic heterocycles. The Hall–Kier alpha value is -0.160. The van der Waals surface area contributed by atoms with Crippen molar-refractivity contribution in [2.75, 3.05) is 78.5 Å². The zero-order valence-corrected chi connectivity index (χ0v) is 14.6. The Bertz CT molecular complexity index is 266. The molecular weight excluding hydrogens is 260 g/mol. The lowest BCUT2D eigenvalue weighted by molar-refractivity contribution is 0.107. The van der Waals surface area contributed by atoms with Crippen LogP contribution < -0.4 is 0 Å². The number of hydrogen-bond donors (Lipinski definition) is 0. The number of likely N-dealkylation sites (N-methyl/N-ethyl adjacent to an activating group) is 1. The highest BCUT2D eigenvalue weighted by Crippen LogP contribution is 2.07. The van der Waals surface area contributed by atoms with Crippen LogP contribution in [0, 0.1) is 5.92 Å². The number of piperazine rings is 2. The lowest BCUT2D eigenvalue weighted by atomic mass is 10.2. The Labute approximate surface area is 132 Å². The third kappa shape index (κ3) is 6.23. The Morgan fingerprint density at radius 3 is 1.52 bits per heavy atom. The molecule has 0 atom stereocenters. The monoisotopic (exact) mass is 296 g/mol. The summed E-state index contributed by atoms with van der Waals surface area (Å²) >= 11 is 0. The highest BCUT2D eigenvalue weighted by Gasteiger charge is 2.18. The maximum atomic E-state index is 2.67. The quantitative estimate of drug-likeness (QED) is 0.702. The summed E-state index contributed by atoms with van der Waals surface area (Å²) < 4.78 is 0. The van der Waals surface area contributed by atoms with Crippen LogP contribution in [0.25, 0.3) is 0 Å². The van der Waals surface area contributed by atoms with Crippen LogP contribution in [0.2, 0.25) is 0 Å². The van der Waals surface area contributed by atoms with Gasteiger partial charge in [0, 0.05) is 58.9 Å². The molecule has 2 rings (SSSR count). The summed E-state index contributed by atoms with van der Waals surface area (Å²) in [6.07, 6.45) is 1.34. The second-order valence-electron chi connectivity index (χ2n) is 7.17. The van der Waals surface area contributed by atoms with Crippen molar-refractivity contribution in [1.29, 1.82) is 0 Å². The van der Waals surface area contributed by atoms with Gasteiger partial charge in [-0.1, -0.05) is 20.8 Å². The van der Waals surface area contributed by atoms with Gasteiger partial charge in [-0.3, -0.25) is 0 Å². The average Bonchev–Trinajstić information content (AvgIpc) is 2.49. The molecule has 0 amide bonds. The van der Waals surface area contributed by atoms with E-state index in [0.29, 0.717) is 0 Å². The molecular formula is C17H36N4. The minimum absolute atomic E-state index is 0.804. The van der Waals surface area contributed by atoms with Crippen LogP contribution in [-0.2, 0) is 0 Å². The predicted molar refractivity (Wildman–Crippen MR) is 90.9 cm³/mol. The molecule has 0 saturated carbocycles. The van der Waals surface area contributed by atoms with E-state index in [2.05, 4.69) is 40.4 Å². The second kappa shape index (κ2) is 9.09. The molecule has 2 aliphatic rings. The summed E-state index contributed by atoms with van der Waals surface area (Å²) in [5.74, 6) is 0.804. The fourth-order valence-electron chi connectivity index (χ4n) is 3.56.